The number of amides is 1. The van der Waals surface area contributed by atoms with Gasteiger partial charge in [0.25, 0.3) is 0 Å². The maximum absolute atomic E-state index is 11.8. The van der Waals surface area contributed by atoms with Gasteiger partial charge in [0.1, 0.15) is 5.75 Å². The van der Waals surface area contributed by atoms with Crippen LogP contribution < -0.4 is 10.1 Å². The minimum absolute atomic E-state index is 0.0367. The van der Waals surface area contributed by atoms with Gasteiger partial charge in [-0.3, -0.25) is 4.79 Å². The molecule has 0 aromatic heterocycles. The highest BCUT2D eigenvalue weighted by atomic mass is 16.5. The van der Waals surface area contributed by atoms with E-state index in [1.54, 1.807) is 7.11 Å². The highest BCUT2D eigenvalue weighted by molar-refractivity contribution is 5.76. The van der Waals surface area contributed by atoms with Crippen LogP contribution in [0.15, 0.2) is 54.6 Å². The number of rotatable bonds is 5. The zero-order chi connectivity index (χ0) is 14.4. The van der Waals surface area contributed by atoms with Crippen LogP contribution in [0.1, 0.15) is 30.5 Å². The monoisotopic (exact) mass is 269 g/mol. The van der Waals surface area contributed by atoms with Crippen LogP contribution in [-0.2, 0) is 4.79 Å². The van der Waals surface area contributed by atoms with Crippen molar-refractivity contribution >= 4 is 5.91 Å². The molecule has 104 valence electrons. The summed E-state index contributed by atoms with van der Waals surface area (Å²) < 4.78 is 5.17. The van der Waals surface area contributed by atoms with Crippen molar-refractivity contribution in [3.05, 3.63) is 65.7 Å². The highest BCUT2D eigenvalue weighted by Crippen LogP contribution is 2.24. The van der Waals surface area contributed by atoms with Gasteiger partial charge in [-0.15, -0.1) is 0 Å². The van der Waals surface area contributed by atoms with Crippen LogP contribution in [0.5, 0.6) is 5.75 Å². The topological polar surface area (TPSA) is 38.3 Å². The molecule has 1 N–H and O–H groups in total. The Kier molecular flexibility index (Phi) is 4.77. The van der Waals surface area contributed by atoms with Crippen LogP contribution in [-0.4, -0.2) is 13.0 Å². The second kappa shape index (κ2) is 6.75. The number of methoxy groups -OCH3 is 1. The molecule has 0 fully saturated rings. The van der Waals surface area contributed by atoms with Gasteiger partial charge in [-0.25, -0.2) is 0 Å². The molecule has 0 bridgehead atoms. The van der Waals surface area contributed by atoms with Crippen LogP contribution >= 0.6 is 0 Å². The second-order valence-electron chi connectivity index (χ2n) is 4.54. The number of ether oxygens (including phenoxy) is 1. The third-order valence-electron chi connectivity index (χ3n) is 3.21. The molecule has 1 amide bonds. The first-order valence-electron chi connectivity index (χ1n) is 6.73. The van der Waals surface area contributed by atoms with Gasteiger partial charge in [0.2, 0.25) is 5.91 Å². The maximum atomic E-state index is 11.8. The molecule has 0 spiro atoms. The van der Waals surface area contributed by atoms with Crippen LogP contribution in [0, 0.1) is 0 Å². The molecule has 3 heteroatoms. The molecule has 1 atom stereocenters. The Morgan fingerprint density at radius 3 is 2.20 bits per heavy atom. The van der Waals surface area contributed by atoms with Crippen molar-refractivity contribution < 1.29 is 9.53 Å². The molecule has 0 aliphatic carbocycles. The van der Waals surface area contributed by atoms with E-state index < -0.39 is 0 Å². The number of hydrogen-bond acceptors (Lipinski definition) is 2. The predicted molar refractivity (Wildman–Crippen MR) is 79.7 cm³/mol. The molecular weight excluding hydrogens is 250 g/mol. The van der Waals surface area contributed by atoms with Crippen LogP contribution in [0.2, 0.25) is 0 Å². The number of nitrogens with one attached hydrogen (secondary N) is 1. The first kappa shape index (κ1) is 14.1. The smallest absolute Gasteiger partial charge is 0.220 e. The summed E-state index contributed by atoms with van der Waals surface area (Å²) in [5.74, 6) is 0.844. The van der Waals surface area contributed by atoms with Gasteiger partial charge in [-0.05, 0) is 23.3 Å². The largest absolute Gasteiger partial charge is 0.497 e. The summed E-state index contributed by atoms with van der Waals surface area (Å²) in [6.07, 6.45) is 0.472. The SMILES string of the molecule is CCC(=O)NC(c1ccccc1)c1ccc(OC)cc1. The lowest BCUT2D eigenvalue weighted by molar-refractivity contribution is -0.121. The van der Waals surface area contributed by atoms with Crippen molar-refractivity contribution in [3.8, 4) is 5.75 Å². The molecule has 3 nitrogen and oxygen atoms in total. The molecule has 2 rings (SSSR count). The summed E-state index contributed by atoms with van der Waals surface area (Å²) >= 11 is 0. The molecule has 0 heterocycles. The molecule has 0 saturated carbocycles. The quantitative estimate of drug-likeness (QED) is 0.904. The number of hydrogen-bond donors (Lipinski definition) is 1. The van der Waals surface area contributed by atoms with E-state index in [-0.39, 0.29) is 11.9 Å². The Bertz CT molecular complexity index is 549. The highest BCUT2D eigenvalue weighted by Gasteiger charge is 2.15. The average molecular weight is 269 g/mol. The van der Waals surface area contributed by atoms with Gasteiger partial charge in [-0.1, -0.05) is 49.4 Å². The van der Waals surface area contributed by atoms with Crippen molar-refractivity contribution in [3.63, 3.8) is 0 Å². The summed E-state index contributed by atoms with van der Waals surface area (Å²) in [6, 6.07) is 17.6. The lowest BCUT2D eigenvalue weighted by Crippen LogP contribution is -2.28. The Labute approximate surface area is 119 Å². The van der Waals surface area contributed by atoms with Crippen molar-refractivity contribution in [2.45, 2.75) is 19.4 Å². The summed E-state index contributed by atoms with van der Waals surface area (Å²) in [4.78, 5) is 11.8. The molecule has 1 unspecified atom stereocenters. The number of benzene rings is 2. The van der Waals surface area contributed by atoms with E-state index in [9.17, 15) is 4.79 Å². The maximum Gasteiger partial charge on any atom is 0.220 e. The lowest BCUT2D eigenvalue weighted by atomic mass is 9.98. The third kappa shape index (κ3) is 3.38. The molecule has 2 aromatic carbocycles. The van der Waals surface area contributed by atoms with Gasteiger partial charge in [0.15, 0.2) is 0 Å². The fourth-order valence-corrected chi connectivity index (χ4v) is 2.06. The number of carbonyl (C=O) groups excluding carboxylic acids is 1. The molecule has 0 radical (unpaired) electrons. The second-order valence-corrected chi connectivity index (χ2v) is 4.54. The third-order valence-corrected chi connectivity index (χ3v) is 3.21. The van der Waals surface area contributed by atoms with Crippen LogP contribution in [0.25, 0.3) is 0 Å². The van der Waals surface area contributed by atoms with E-state index in [0.29, 0.717) is 6.42 Å². The molecule has 0 saturated heterocycles. The average Bonchev–Trinajstić information content (AvgIpc) is 2.53. The first-order valence-corrected chi connectivity index (χ1v) is 6.73. The Balaban J connectivity index is 2.32. The van der Waals surface area contributed by atoms with Crippen molar-refractivity contribution in [2.24, 2.45) is 0 Å². The van der Waals surface area contributed by atoms with Gasteiger partial charge in [0, 0.05) is 6.42 Å². The van der Waals surface area contributed by atoms with Crippen molar-refractivity contribution in [1.29, 1.82) is 0 Å². The lowest BCUT2D eigenvalue weighted by Gasteiger charge is -2.19. The minimum Gasteiger partial charge on any atom is -0.497 e. The van der Waals surface area contributed by atoms with E-state index in [0.717, 1.165) is 16.9 Å². The normalized spacial score (nSPS) is 11.7. The fourth-order valence-electron chi connectivity index (χ4n) is 2.06. The summed E-state index contributed by atoms with van der Waals surface area (Å²) in [5.41, 5.74) is 2.11. The zero-order valence-corrected chi connectivity index (χ0v) is 11.8. The van der Waals surface area contributed by atoms with E-state index in [1.807, 2.05) is 61.5 Å². The van der Waals surface area contributed by atoms with Gasteiger partial charge in [-0.2, -0.15) is 0 Å². The summed E-state index contributed by atoms with van der Waals surface area (Å²) in [5, 5.41) is 3.06. The van der Waals surface area contributed by atoms with E-state index >= 15 is 0 Å². The Hall–Kier alpha value is -2.29. The van der Waals surface area contributed by atoms with Crippen LogP contribution in [0.3, 0.4) is 0 Å². The summed E-state index contributed by atoms with van der Waals surface area (Å²) in [6.45, 7) is 1.85. The molecule has 0 aliphatic heterocycles. The summed E-state index contributed by atoms with van der Waals surface area (Å²) in [7, 11) is 1.64. The number of carbonyl (C=O) groups is 1. The van der Waals surface area contributed by atoms with Gasteiger partial charge in [0.05, 0.1) is 13.2 Å². The Morgan fingerprint density at radius 2 is 1.65 bits per heavy atom. The van der Waals surface area contributed by atoms with E-state index in [2.05, 4.69) is 5.32 Å². The zero-order valence-electron chi connectivity index (χ0n) is 11.8. The predicted octanol–water partition coefficient (Wildman–Crippen LogP) is 3.31. The first-order chi connectivity index (χ1) is 9.74. The van der Waals surface area contributed by atoms with E-state index in [1.165, 1.54) is 0 Å². The fraction of sp³-hybridized carbons (Fsp3) is 0.235. The van der Waals surface area contributed by atoms with E-state index in [4.69, 9.17) is 4.74 Å². The van der Waals surface area contributed by atoms with Crippen LogP contribution in [0.4, 0.5) is 0 Å². The van der Waals surface area contributed by atoms with Crippen molar-refractivity contribution in [2.75, 3.05) is 7.11 Å². The van der Waals surface area contributed by atoms with Crippen molar-refractivity contribution in [1.82, 2.24) is 5.32 Å². The minimum atomic E-state index is -0.130. The van der Waals surface area contributed by atoms with Gasteiger partial charge < -0.3 is 10.1 Å². The molecule has 0 aliphatic rings. The van der Waals surface area contributed by atoms with Gasteiger partial charge >= 0.3 is 0 Å². The molecule has 2 aromatic rings. The Morgan fingerprint density at radius 1 is 1.05 bits per heavy atom. The molecular formula is C17H19NO2. The molecule has 20 heavy (non-hydrogen) atoms. The standard InChI is InChI=1S/C17H19NO2/c1-3-16(19)18-17(13-7-5-4-6-8-13)14-9-11-15(20-2)12-10-14/h4-12,17H,3H2,1-2H3,(H,18,19).